The number of pyridine rings is 1. The van der Waals surface area contributed by atoms with Gasteiger partial charge in [-0.2, -0.15) is 18.3 Å². The number of carbonyl (C=O) groups excluding carboxylic acids is 2. The first-order valence-corrected chi connectivity index (χ1v) is 12.8. The molecule has 0 saturated carbocycles. The molecule has 1 aromatic carbocycles. The van der Waals surface area contributed by atoms with Crippen LogP contribution in [0, 0.1) is 0 Å². The minimum atomic E-state index is -4.68. The number of benzene rings is 1. The second kappa shape index (κ2) is 9.87. The van der Waals surface area contributed by atoms with Crippen LogP contribution in [0.15, 0.2) is 49.2 Å². The summed E-state index contributed by atoms with van der Waals surface area (Å²) < 4.78 is 41.3. The van der Waals surface area contributed by atoms with Gasteiger partial charge in [-0.05, 0) is 35.8 Å². The molecule has 2 aliphatic rings. The lowest BCUT2D eigenvalue weighted by molar-refractivity contribution is -0.141. The summed E-state index contributed by atoms with van der Waals surface area (Å²) in [6, 6.07) is 8.29. The van der Waals surface area contributed by atoms with Crippen molar-refractivity contribution in [2.45, 2.75) is 44.8 Å². The Morgan fingerprint density at radius 1 is 1.15 bits per heavy atom. The normalized spacial score (nSPS) is 17.1. The number of nitrogens with two attached hydrogens (primary N) is 1. The van der Waals surface area contributed by atoms with Crippen LogP contribution in [0.1, 0.15) is 64.4 Å². The zero-order chi connectivity index (χ0) is 28.1. The van der Waals surface area contributed by atoms with E-state index in [0.717, 1.165) is 28.8 Å². The van der Waals surface area contributed by atoms with Crippen molar-refractivity contribution in [3.05, 3.63) is 83.0 Å². The highest BCUT2D eigenvalue weighted by molar-refractivity contribution is 5.99. The molecular formula is C28H29F3N6O2. The van der Waals surface area contributed by atoms with Gasteiger partial charge < -0.3 is 15.5 Å². The third kappa shape index (κ3) is 4.77. The molecule has 5 rings (SSSR count). The second-order valence-electron chi connectivity index (χ2n) is 10.1. The maximum absolute atomic E-state index is 13.7. The Morgan fingerprint density at radius 2 is 1.87 bits per heavy atom. The van der Waals surface area contributed by atoms with E-state index >= 15 is 0 Å². The number of anilines is 1. The van der Waals surface area contributed by atoms with E-state index in [-0.39, 0.29) is 30.2 Å². The van der Waals surface area contributed by atoms with Gasteiger partial charge in [0.2, 0.25) is 5.91 Å². The summed E-state index contributed by atoms with van der Waals surface area (Å²) in [4.78, 5) is 32.9. The molecule has 2 aliphatic heterocycles. The maximum atomic E-state index is 13.7. The molecule has 1 atom stereocenters. The van der Waals surface area contributed by atoms with Gasteiger partial charge in [0.25, 0.3) is 5.91 Å². The van der Waals surface area contributed by atoms with Gasteiger partial charge in [0.15, 0.2) is 0 Å². The number of nitrogens with zero attached hydrogens (tertiary/aromatic N) is 5. The number of carbonyl (C=O) groups is 2. The first-order valence-electron chi connectivity index (χ1n) is 12.8. The molecule has 0 bridgehead atoms. The van der Waals surface area contributed by atoms with Crippen molar-refractivity contribution in [2.24, 2.45) is 0 Å². The Bertz CT molecular complexity index is 1440. The molecule has 11 heteroatoms. The molecule has 0 aliphatic carbocycles. The number of nitrogen functional groups attached to an aromatic ring is 1. The Kier molecular flexibility index (Phi) is 6.69. The van der Waals surface area contributed by atoms with Crippen molar-refractivity contribution >= 4 is 17.5 Å². The fourth-order valence-corrected chi connectivity index (χ4v) is 5.34. The van der Waals surface area contributed by atoms with Crippen LogP contribution in [0.5, 0.6) is 0 Å². The molecule has 4 heterocycles. The van der Waals surface area contributed by atoms with Crippen LogP contribution in [-0.4, -0.2) is 56.0 Å². The summed E-state index contributed by atoms with van der Waals surface area (Å²) in [5, 5.41) is 4.91. The third-order valence-corrected chi connectivity index (χ3v) is 7.42. The summed E-state index contributed by atoms with van der Waals surface area (Å²) in [7, 11) is 0. The van der Waals surface area contributed by atoms with E-state index in [0.29, 0.717) is 31.4 Å². The van der Waals surface area contributed by atoms with Crippen molar-refractivity contribution in [3.8, 4) is 5.69 Å². The summed E-state index contributed by atoms with van der Waals surface area (Å²) in [6.07, 6.45) is -1.62. The smallest absolute Gasteiger partial charge is 0.398 e. The van der Waals surface area contributed by atoms with E-state index < -0.39 is 23.8 Å². The van der Waals surface area contributed by atoms with Crippen LogP contribution < -0.4 is 5.73 Å². The average molecular weight is 539 g/mol. The molecule has 0 saturated heterocycles. The monoisotopic (exact) mass is 538 g/mol. The van der Waals surface area contributed by atoms with Gasteiger partial charge in [0.1, 0.15) is 5.69 Å². The number of hydrogen-bond donors (Lipinski definition) is 1. The lowest BCUT2D eigenvalue weighted by Gasteiger charge is -2.38. The van der Waals surface area contributed by atoms with Gasteiger partial charge in [0, 0.05) is 49.9 Å². The van der Waals surface area contributed by atoms with E-state index in [1.54, 1.807) is 9.80 Å². The SMILES string of the molecule is C=CC(=O)N1CCc2nn(-c3ccc(C(C)C)cc3)c3c2[C@H](C1)N(C(=O)c1cnc(C(F)(F)F)cc1N)CC3. The highest BCUT2D eigenvalue weighted by Gasteiger charge is 2.41. The van der Waals surface area contributed by atoms with Crippen molar-refractivity contribution in [1.82, 2.24) is 24.6 Å². The largest absolute Gasteiger partial charge is 0.433 e. The van der Waals surface area contributed by atoms with E-state index in [1.807, 2.05) is 16.8 Å². The zero-order valence-corrected chi connectivity index (χ0v) is 21.7. The first-order chi connectivity index (χ1) is 18.5. The molecule has 2 amide bonds. The zero-order valence-electron chi connectivity index (χ0n) is 21.7. The predicted molar refractivity (Wildman–Crippen MR) is 139 cm³/mol. The minimum absolute atomic E-state index is 0.115. The number of alkyl halides is 3. The molecule has 0 fully saturated rings. The van der Waals surface area contributed by atoms with Crippen LogP contribution >= 0.6 is 0 Å². The van der Waals surface area contributed by atoms with Crippen molar-refractivity contribution < 1.29 is 22.8 Å². The lowest BCUT2D eigenvalue weighted by atomic mass is 9.94. The van der Waals surface area contributed by atoms with Crippen LogP contribution in [0.3, 0.4) is 0 Å². The third-order valence-electron chi connectivity index (χ3n) is 7.42. The van der Waals surface area contributed by atoms with E-state index in [1.165, 1.54) is 11.6 Å². The molecule has 0 unspecified atom stereocenters. The van der Waals surface area contributed by atoms with Gasteiger partial charge >= 0.3 is 6.18 Å². The van der Waals surface area contributed by atoms with Gasteiger partial charge in [-0.15, -0.1) is 0 Å². The number of rotatable bonds is 4. The fraction of sp³-hybridized carbons (Fsp3) is 0.357. The Hall–Kier alpha value is -4.15. The van der Waals surface area contributed by atoms with E-state index in [2.05, 4.69) is 37.5 Å². The van der Waals surface area contributed by atoms with Gasteiger partial charge in [-0.25, -0.2) is 4.68 Å². The molecule has 2 aromatic heterocycles. The summed E-state index contributed by atoms with van der Waals surface area (Å²) in [6.45, 7) is 8.70. The number of aromatic nitrogens is 3. The molecular weight excluding hydrogens is 509 g/mol. The number of halogens is 3. The standard InChI is InChI=1S/C28H29F3N6O2/c1-4-25(38)35-11-9-21-26-22(37(34-21)18-7-5-17(6-8-18)16(2)3)10-12-36(23(26)15-35)27(39)19-14-33-24(13-20(19)32)28(29,30)31/h4-8,13-14,16,23H,1,9-12,15H2,2-3H3,(H2,32,33)/t23-/m0/s1. The van der Waals surface area contributed by atoms with Crippen molar-refractivity contribution in [2.75, 3.05) is 25.4 Å². The van der Waals surface area contributed by atoms with Crippen LogP contribution in [-0.2, 0) is 23.8 Å². The minimum Gasteiger partial charge on any atom is -0.398 e. The first kappa shape index (κ1) is 26.5. The van der Waals surface area contributed by atoms with Gasteiger partial charge in [-0.1, -0.05) is 32.6 Å². The van der Waals surface area contributed by atoms with Gasteiger partial charge in [-0.3, -0.25) is 14.6 Å². The molecule has 39 heavy (non-hydrogen) atoms. The molecule has 2 N–H and O–H groups in total. The topological polar surface area (TPSA) is 97.4 Å². The van der Waals surface area contributed by atoms with Crippen LogP contribution in [0.4, 0.5) is 18.9 Å². The average Bonchev–Trinajstić information content (AvgIpc) is 3.17. The second-order valence-corrected chi connectivity index (χ2v) is 10.1. The Balaban J connectivity index is 1.56. The van der Waals surface area contributed by atoms with Crippen molar-refractivity contribution in [1.29, 1.82) is 0 Å². The summed E-state index contributed by atoms with van der Waals surface area (Å²) in [5.41, 5.74) is 9.02. The number of amides is 2. The van der Waals surface area contributed by atoms with Crippen molar-refractivity contribution in [3.63, 3.8) is 0 Å². The highest BCUT2D eigenvalue weighted by Crippen LogP contribution is 2.38. The highest BCUT2D eigenvalue weighted by atomic mass is 19.4. The predicted octanol–water partition coefficient (Wildman–Crippen LogP) is 4.30. The van der Waals surface area contributed by atoms with Gasteiger partial charge in [0.05, 0.1) is 28.7 Å². The Morgan fingerprint density at radius 3 is 2.49 bits per heavy atom. The number of hydrogen-bond acceptors (Lipinski definition) is 5. The molecule has 3 aromatic rings. The van der Waals surface area contributed by atoms with Crippen LogP contribution in [0.2, 0.25) is 0 Å². The lowest BCUT2D eigenvalue weighted by Crippen LogP contribution is -2.46. The van der Waals surface area contributed by atoms with E-state index in [4.69, 9.17) is 10.8 Å². The molecule has 0 radical (unpaired) electrons. The van der Waals surface area contributed by atoms with Crippen LogP contribution in [0.25, 0.3) is 5.69 Å². The molecule has 204 valence electrons. The van der Waals surface area contributed by atoms with E-state index in [9.17, 15) is 22.8 Å². The Labute approximate surface area is 223 Å². The summed E-state index contributed by atoms with van der Waals surface area (Å²) >= 11 is 0. The molecule has 0 spiro atoms. The quantitative estimate of drug-likeness (QED) is 0.500. The molecule has 8 nitrogen and oxygen atoms in total. The maximum Gasteiger partial charge on any atom is 0.433 e. The summed E-state index contributed by atoms with van der Waals surface area (Å²) in [5.74, 6) is -0.430. The fourth-order valence-electron chi connectivity index (χ4n) is 5.34.